The monoisotopic (exact) mass is 241 g/mol. The van der Waals surface area contributed by atoms with Crippen molar-refractivity contribution >= 4 is 11.8 Å². The molecule has 0 aromatic carbocycles. The third kappa shape index (κ3) is 4.73. The molecule has 1 unspecified atom stereocenters. The molecule has 2 amide bonds. The van der Waals surface area contributed by atoms with Gasteiger partial charge in [0.15, 0.2) is 0 Å². The Morgan fingerprint density at radius 3 is 2.88 bits per heavy atom. The van der Waals surface area contributed by atoms with Gasteiger partial charge in [-0.3, -0.25) is 9.59 Å². The van der Waals surface area contributed by atoms with Crippen molar-refractivity contribution in [2.75, 3.05) is 26.2 Å². The number of amides is 2. The minimum atomic E-state index is -0.0462. The molecular formula is C12H23N3O2. The van der Waals surface area contributed by atoms with Crippen LogP contribution in [0.3, 0.4) is 0 Å². The highest BCUT2D eigenvalue weighted by Gasteiger charge is 2.27. The first-order valence-electron chi connectivity index (χ1n) is 6.41. The van der Waals surface area contributed by atoms with E-state index in [9.17, 15) is 9.59 Å². The average Bonchev–Trinajstić information content (AvgIpc) is 2.29. The van der Waals surface area contributed by atoms with E-state index in [1.165, 1.54) is 6.92 Å². The van der Waals surface area contributed by atoms with Crippen LogP contribution >= 0.6 is 0 Å². The van der Waals surface area contributed by atoms with Gasteiger partial charge in [-0.2, -0.15) is 0 Å². The van der Waals surface area contributed by atoms with E-state index >= 15 is 0 Å². The van der Waals surface area contributed by atoms with Gasteiger partial charge in [0.2, 0.25) is 11.8 Å². The van der Waals surface area contributed by atoms with Crippen molar-refractivity contribution in [3.8, 4) is 0 Å². The summed E-state index contributed by atoms with van der Waals surface area (Å²) in [5.41, 5.74) is 0. The minimum absolute atomic E-state index is 0.0268. The molecule has 1 heterocycles. The molecule has 1 rings (SSSR count). The molecule has 0 aromatic heterocycles. The van der Waals surface area contributed by atoms with Gasteiger partial charge in [-0.1, -0.05) is 6.92 Å². The Balaban J connectivity index is 2.33. The fourth-order valence-corrected chi connectivity index (χ4v) is 2.04. The molecule has 1 aliphatic heterocycles. The van der Waals surface area contributed by atoms with Crippen molar-refractivity contribution in [1.29, 1.82) is 0 Å². The molecule has 0 bridgehead atoms. The molecule has 0 spiro atoms. The van der Waals surface area contributed by atoms with Crippen LogP contribution in [-0.2, 0) is 9.59 Å². The van der Waals surface area contributed by atoms with E-state index in [2.05, 4.69) is 17.6 Å². The summed E-state index contributed by atoms with van der Waals surface area (Å²) < 4.78 is 0. The van der Waals surface area contributed by atoms with Gasteiger partial charge in [-0.25, -0.2) is 0 Å². The number of piperidine rings is 1. The first-order chi connectivity index (χ1) is 8.15. The van der Waals surface area contributed by atoms with Gasteiger partial charge in [-0.15, -0.1) is 0 Å². The van der Waals surface area contributed by atoms with Crippen molar-refractivity contribution in [2.24, 2.45) is 0 Å². The first kappa shape index (κ1) is 14.0. The van der Waals surface area contributed by atoms with Crippen LogP contribution in [-0.4, -0.2) is 48.9 Å². The zero-order valence-corrected chi connectivity index (χ0v) is 10.8. The van der Waals surface area contributed by atoms with Crippen molar-refractivity contribution in [3.05, 3.63) is 0 Å². The lowest BCUT2D eigenvalue weighted by Crippen LogP contribution is -2.52. The Kier molecular flexibility index (Phi) is 5.97. The van der Waals surface area contributed by atoms with Crippen molar-refractivity contribution in [3.63, 3.8) is 0 Å². The summed E-state index contributed by atoms with van der Waals surface area (Å²) in [4.78, 5) is 24.6. The minimum Gasteiger partial charge on any atom is -0.355 e. The molecule has 5 nitrogen and oxygen atoms in total. The molecule has 0 aliphatic carbocycles. The average molecular weight is 241 g/mol. The van der Waals surface area contributed by atoms with E-state index in [0.29, 0.717) is 13.1 Å². The zero-order chi connectivity index (χ0) is 12.7. The molecule has 0 radical (unpaired) electrons. The highest BCUT2D eigenvalue weighted by Crippen LogP contribution is 2.11. The van der Waals surface area contributed by atoms with E-state index in [4.69, 9.17) is 0 Å². The van der Waals surface area contributed by atoms with Crippen molar-refractivity contribution in [2.45, 2.75) is 39.2 Å². The zero-order valence-electron chi connectivity index (χ0n) is 10.8. The van der Waals surface area contributed by atoms with E-state index in [0.717, 1.165) is 32.4 Å². The molecule has 1 fully saturated rings. The molecule has 2 N–H and O–H groups in total. The molecular weight excluding hydrogens is 218 g/mol. The smallest absolute Gasteiger partial charge is 0.239 e. The molecule has 1 aliphatic rings. The first-order valence-corrected chi connectivity index (χ1v) is 6.41. The Hall–Kier alpha value is -1.10. The van der Waals surface area contributed by atoms with E-state index in [1.807, 2.05) is 4.90 Å². The van der Waals surface area contributed by atoms with Crippen LogP contribution in [0, 0.1) is 0 Å². The lowest BCUT2D eigenvalue weighted by molar-refractivity contribution is -0.136. The second-order valence-corrected chi connectivity index (χ2v) is 4.46. The Labute approximate surface area is 103 Å². The number of likely N-dealkylation sites (tertiary alicyclic amines) is 1. The summed E-state index contributed by atoms with van der Waals surface area (Å²) in [6.07, 6.45) is 3.00. The summed E-state index contributed by atoms with van der Waals surface area (Å²) in [6.45, 7) is 6.43. The lowest BCUT2D eigenvalue weighted by Gasteiger charge is -2.32. The van der Waals surface area contributed by atoms with Gasteiger partial charge in [0.05, 0.1) is 6.04 Å². The Morgan fingerprint density at radius 1 is 1.47 bits per heavy atom. The van der Waals surface area contributed by atoms with E-state index in [1.54, 1.807) is 0 Å². The van der Waals surface area contributed by atoms with Crippen LogP contribution in [0.5, 0.6) is 0 Å². The van der Waals surface area contributed by atoms with Gasteiger partial charge in [0.1, 0.15) is 0 Å². The van der Waals surface area contributed by atoms with Gasteiger partial charge in [-0.05, 0) is 25.8 Å². The van der Waals surface area contributed by atoms with Crippen LogP contribution in [0.1, 0.15) is 33.1 Å². The molecule has 5 heteroatoms. The quantitative estimate of drug-likeness (QED) is 0.694. The SMILES string of the molecule is CCCNC1CCCN(CCNC(C)=O)C1=O. The predicted octanol–water partition coefficient (Wildman–Crippen LogP) is 0.113. The fourth-order valence-electron chi connectivity index (χ4n) is 2.04. The molecule has 0 saturated carbocycles. The second kappa shape index (κ2) is 7.27. The van der Waals surface area contributed by atoms with Gasteiger partial charge in [0, 0.05) is 26.6 Å². The number of carbonyl (C=O) groups is 2. The number of hydrogen-bond donors (Lipinski definition) is 2. The van der Waals surface area contributed by atoms with Gasteiger partial charge in [0.25, 0.3) is 0 Å². The highest BCUT2D eigenvalue weighted by molar-refractivity contribution is 5.82. The number of carbonyl (C=O) groups excluding carboxylic acids is 2. The second-order valence-electron chi connectivity index (χ2n) is 4.46. The van der Waals surface area contributed by atoms with Crippen LogP contribution in [0.2, 0.25) is 0 Å². The Morgan fingerprint density at radius 2 is 2.24 bits per heavy atom. The number of nitrogens with one attached hydrogen (secondary N) is 2. The molecule has 0 aromatic rings. The molecule has 1 atom stereocenters. The number of rotatable bonds is 6. The topological polar surface area (TPSA) is 61.4 Å². The largest absolute Gasteiger partial charge is 0.355 e. The third-order valence-electron chi connectivity index (χ3n) is 2.93. The summed E-state index contributed by atoms with van der Waals surface area (Å²) in [5, 5.41) is 5.99. The maximum Gasteiger partial charge on any atom is 0.239 e. The lowest BCUT2D eigenvalue weighted by atomic mass is 10.0. The highest BCUT2D eigenvalue weighted by atomic mass is 16.2. The number of nitrogens with zero attached hydrogens (tertiary/aromatic N) is 1. The van der Waals surface area contributed by atoms with Crippen molar-refractivity contribution < 1.29 is 9.59 Å². The van der Waals surface area contributed by atoms with Crippen LogP contribution in [0.25, 0.3) is 0 Å². The Bertz CT molecular complexity index is 268. The maximum atomic E-state index is 12.1. The van der Waals surface area contributed by atoms with Crippen LogP contribution in [0.15, 0.2) is 0 Å². The third-order valence-corrected chi connectivity index (χ3v) is 2.93. The van der Waals surface area contributed by atoms with E-state index in [-0.39, 0.29) is 17.9 Å². The maximum absolute atomic E-state index is 12.1. The normalized spacial score (nSPS) is 20.5. The van der Waals surface area contributed by atoms with Gasteiger partial charge < -0.3 is 15.5 Å². The predicted molar refractivity (Wildman–Crippen MR) is 66.6 cm³/mol. The van der Waals surface area contributed by atoms with Crippen LogP contribution in [0.4, 0.5) is 0 Å². The summed E-state index contributed by atoms with van der Waals surface area (Å²) >= 11 is 0. The van der Waals surface area contributed by atoms with Crippen molar-refractivity contribution in [1.82, 2.24) is 15.5 Å². The summed E-state index contributed by atoms with van der Waals surface area (Å²) in [5.74, 6) is 0.130. The molecule has 17 heavy (non-hydrogen) atoms. The number of hydrogen-bond acceptors (Lipinski definition) is 3. The molecule has 98 valence electrons. The van der Waals surface area contributed by atoms with Gasteiger partial charge >= 0.3 is 0 Å². The summed E-state index contributed by atoms with van der Waals surface area (Å²) in [7, 11) is 0. The standard InChI is InChI=1S/C12H23N3O2/c1-3-6-14-11-5-4-8-15(12(11)17)9-7-13-10(2)16/h11,14H,3-9H2,1-2H3,(H,13,16). The summed E-state index contributed by atoms with van der Waals surface area (Å²) in [6, 6.07) is -0.0268. The molecule has 1 saturated heterocycles. The fraction of sp³-hybridized carbons (Fsp3) is 0.833. The van der Waals surface area contributed by atoms with Crippen LogP contribution < -0.4 is 10.6 Å². The van der Waals surface area contributed by atoms with E-state index < -0.39 is 0 Å².